The number of rotatable bonds is 6. The van der Waals surface area contributed by atoms with Crippen LogP contribution in [-0.2, 0) is 14.8 Å². The van der Waals surface area contributed by atoms with Crippen LogP contribution in [0.2, 0.25) is 0 Å². The molecule has 0 bridgehead atoms. The highest BCUT2D eigenvalue weighted by atomic mass is 32.2. The maximum Gasteiger partial charge on any atom is 0.271 e. The van der Waals surface area contributed by atoms with Crippen LogP contribution >= 0.6 is 0 Å². The van der Waals surface area contributed by atoms with Crippen molar-refractivity contribution in [1.29, 1.82) is 0 Å². The SMILES string of the molecule is Cc1ccccc1N(CC(=O)Nc1cc([N+](=O)[O-])ccc1F)S(C)(=O)=O. The number of non-ortho nitro benzene ring substituents is 1. The van der Waals surface area contributed by atoms with Crippen LogP contribution in [0.4, 0.5) is 21.5 Å². The highest BCUT2D eigenvalue weighted by Gasteiger charge is 2.23. The van der Waals surface area contributed by atoms with Gasteiger partial charge in [0.25, 0.3) is 5.69 Å². The lowest BCUT2D eigenvalue weighted by molar-refractivity contribution is -0.384. The molecule has 2 aromatic carbocycles. The van der Waals surface area contributed by atoms with Crippen molar-refractivity contribution in [3.63, 3.8) is 0 Å². The van der Waals surface area contributed by atoms with Crippen molar-refractivity contribution in [3.05, 3.63) is 64.0 Å². The van der Waals surface area contributed by atoms with Crippen molar-refractivity contribution < 1.29 is 22.5 Å². The van der Waals surface area contributed by atoms with E-state index < -0.39 is 44.6 Å². The Morgan fingerprint density at radius 1 is 1.27 bits per heavy atom. The summed E-state index contributed by atoms with van der Waals surface area (Å²) in [4.78, 5) is 22.3. The molecule has 0 aromatic heterocycles. The molecule has 2 aromatic rings. The number of anilines is 2. The minimum absolute atomic E-state index is 0.310. The first-order valence-electron chi connectivity index (χ1n) is 7.36. The number of carbonyl (C=O) groups is 1. The molecule has 0 saturated heterocycles. The van der Waals surface area contributed by atoms with E-state index in [1.807, 2.05) is 0 Å². The van der Waals surface area contributed by atoms with Gasteiger partial charge in [-0.3, -0.25) is 19.2 Å². The fraction of sp³-hybridized carbons (Fsp3) is 0.188. The lowest BCUT2D eigenvalue weighted by Crippen LogP contribution is -2.38. The summed E-state index contributed by atoms with van der Waals surface area (Å²) >= 11 is 0. The Labute approximate surface area is 149 Å². The molecule has 0 unspecified atom stereocenters. The number of sulfonamides is 1. The van der Waals surface area contributed by atoms with Gasteiger partial charge in [-0.25, -0.2) is 12.8 Å². The summed E-state index contributed by atoms with van der Waals surface area (Å²) in [5, 5.41) is 12.9. The monoisotopic (exact) mass is 381 g/mol. The number of halogens is 1. The molecule has 138 valence electrons. The molecule has 10 heteroatoms. The lowest BCUT2D eigenvalue weighted by atomic mass is 10.2. The summed E-state index contributed by atoms with van der Waals surface area (Å²) in [5.74, 6) is -1.70. The third-order valence-electron chi connectivity index (χ3n) is 3.51. The maximum atomic E-state index is 13.8. The van der Waals surface area contributed by atoms with Crippen molar-refractivity contribution in [3.8, 4) is 0 Å². The summed E-state index contributed by atoms with van der Waals surface area (Å²) in [5.41, 5.74) is 0.139. The van der Waals surface area contributed by atoms with E-state index in [0.717, 1.165) is 28.8 Å². The third kappa shape index (κ3) is 4.54. The van der Waals surface area contributed by atoms with E-state index in [4.69, 9.17) is 0 Å². The second-order valence-corrected chi connectivity index (χ2v) is 7.43. The largest absolute Gasteiger partial charge is 0.322 e. The van der Waals surface area contributed by atoms with E-state index in [2.05, 4.69) is 5.32 Å². The van der Waals surface area contributed by atoms with Crippen LogP contribution in [0.15, 0.2) is 42.5 Å². The van der Waals surface area contributed by atoms with E-state index in [1.54, 1.807) is 25.1 Å². The number of hydrogen-bond acceptors (Lipinski definition) is 5. The van der Waals surface area contributed by atoms with Crippen molar-refractivity contribution in [2.75, 3.05) is 22.4 Å². The summed E-state index contributed by atoms with van der Waals surface area (Å²) in [6, 6.07) is 9.25. The summed E-state index contributed by atoms with van der Waals surface area (Å²) in [6.45, 7) is 1.08. The van der Waals surface area contributed by atoms with Crippen LogP contribution in [0.5, 0.6) is 0 Å². The lowest BCUT2D eigenvalue weighted by Gasteiger charge is -2.23. The normalized spacial score (nSPS) is 11.0. The molecule has 0 heterocycles. The van der Waals surface area contributed by atoms with E-state index in [0.29, 0.717) is 11.3 Å². The molecule has 0 fully saturated rings. The van der Waals surface area contributed by atoms with Crippen LogP contribution in [0.3, 0.4) is 0 Å². The molecule has 0 atom stereocenters. The second-order valence-electron chi connectivity index (χ2n) is 5.53. The highest BCUT2D eigenvalue weighted by molar-refractivity contribution is 7.92. The molecular weight excluding hydrogens is 365 g/mol. The summed E-state index contributed by atoms with van der Waals surface area (Å²) in [7, 11) is -3.79. The fourth-order valence-electron chi connectivity index (χ4n) is 2.27. The first-order valence-corrected chi connectivity index (χ1v) is 9.21. The van der Waals surface area contributed by atoms with E-state index in [1.165, 1.54) is 6.07 Å². The van der Waals surface area contributed by atoms with Gasteiger partial charge in [0.05, 0.1) is 22.6 Å². The molecule has 0 aliphatic rings. The fourth-order valence-corrected chi connectivity index (χ4v) is 3.18. The summed E-state index contributed by atoms with van der Waals surface area (Å²) in [6.07, 6.45) is 0.945. The van der Waals surface area contributed by atoms with Gasteiger partial charge in [0, 0.05) is 12.1 Å². The molecule has 0 aliphatic carbocycles. The van der Waals surface area contributed by atoms with Gasteiger partial charge in [-0.15, -0.1) is 0 Å². The zero-order valence-electron chi connectivity index (χ0n) is 14.0. The standard InChI is InChI=1S/C16H16FN3O5S/c1-11-5-3-4-6-15(11)19(26(2,24)25)10-16(21)18-14-9-12(20(22)23)7-8-13(14)17/h3-9H,10H2,1-2H3,(H,18,21). The number of nitrogens with one attached hydrogen (secondary N) is 1. The summed E-state index contributed by atoms with van der Waals surface area (Å²) < 4.78 is 38.8. The zero-order valence-corrected chi connectivity index (χ0v) is 14.8. The van der Waals surface area contributed by atoms with Crippen LogP contribution in [0, 0.1) is 22.9 Å². The Bertz CT molecular complexity index is 962. The van der Waals surface area contributed by atoms with Gasteiger partial charge in [0.1, 0.15) is 12.4 Å². The van der Waals surface area contributed by atoms with Crippen molar-refractivity contribution >= 4 is 33.0 Å². The van der Waals surface area contributed by atoms with Gasteiger partial charge in [-0.2, -0.15) is 0 Å². The van der Waals surface area contributed by atoms with Crippen molar-refractivity contribution in [1.82, 2.24) is 0 Å². The molecule has 0 saturated carbocycles. The Kier molecular flexibility index (Phi) is 5.56. The first kappa shape index (κ1) is 19.3. The molecule has 0 aliphatic heterocycles. The number of amides is 1. The molecular formula is C16H16FN3O5S. The van der Waals surface area contributed by atoms with Gasteiger partial charge in [0.15, 0.2) is 0 Å². The van der Waals surface area contributed by atoms with Gasteiger partial charge >= 0.3 is 0 Å². The Hall–Kier alpha value is -3.01. The topological polar surface area (TPSA) is 110 Å². The quantitative estimate of drug-likeness (QED) is 0.610. The average molecular weight is 381 g/mol. The number of nitro groups is 1. The predicted octanol–water partition coefficient (Wildman–Crippen LogP) is 2.45. The molecule has 0 spiro atoms. The molecule has 1 amide bonds. The van der Waals surface area contributed by atoms with Crippen LogP contribution in [0.25, 0.3) is 0 Å². The maximum absolute atomic E-state index is 13.8. The molecule has 8 nitrogen and oxygen atoms in total. The third-order valence-corrected chi connectivity index (χ3v) is 4.63. The van der Waals surface area contributed by atoms with Crippen LogP contribution in [0.1, 0.15) is 5.56 Å². The number of nitrogens with zero attached hydrogens (tertiary/aromatic N) is 2. The average Bonchev–Trinajstić information content (AvgIpc) is 2.54. The Balaban J connectivity index is 2.28. The van der Waals surface area contributed by atoms with E-state index in [9.17, 15) is 27.7 Å². The number of aryl methyl sites for hydroxylation is 1. The predicted molar refractivity (Wildman–Crippen MR) is 95.1 cm³/mol. The molecule has 26 heavy (non-hydrogen) atoms. The number of carbonyl (C=O) groups excluding carboxylic acids is 1. The van der Waals surface area contributed by atoms with Gasteiger partial charge in [-0.1, -0.05) is 18.2 Å². The van der Waals surface area contributed by atoms with Gasteiger partial charge in [-0.05, 0) is 24.6 Å². The molecule has 1 N–H and O–H groups in total. The van der Waals surface area contributed by atoms with Crippen molar-refractivity contribution in [2.24, 2.45) is 0 Å². The van der Waals surface area contributed by atoms with Gasteiger partial charge in [0.2, 0.25) is 15.9 Å². The number of hydrogen-bond donors (Lipinski definition) is 1. The first-order chi connectivity index (χ1) is 12.1. The molecule has 2 rings (SSSR count). The van der Waals surface area contributed by atoms with E-state index in [-0.39, 0.29) is 0 Å². The Morgan fingerprint density at radius 2 is 1.92 bits per heavy atom. The second kappa shape index (κ2) is 7.48. The number of para-hydroxylation sites is 1. The Morgan fingerprint density at radius 3 is 2.50 bits per heavy atom. The van der Waals surface area contributed by atoms with Crippen LogP contribution < -0.4 is 9.62 Å². The highest BCUT2D eigenvalue weighted by Crippen LogP contribution is 2.23. The van der Waals surface area contributed by atoms with Crippen molar-refractivity contribution in [2.45, 2.75) is 6.92 Å². The van der Waals surface area contributed by atoms with E-state index >= 15 is 0 Å². The number of benzene rings is 2. The smallest absolute Gasteiger partial charge is 0.271 e. The van der Waals surface area contributed by atoms with Crippen LogP contribution in [-0.4, -0.2) is 32.0 Å². The zero-order chi connectivity index (χ0) is 19.5. The minimum Gasteiger partial charge on any atom is -0.322 e. The number of nitro benzene ring substituents is 1. The van der Waals surface area contributed by atoms with Gasteiger partial charge < -0.3 is 5.32 Å². The minimum atomic E-state index is -3.79. The molecule has 0 radical (unpaired) electrons.